The van der Waals surface area contributed by atoms with E-state index >= 15 is 0 Å². The molecular formula is C34H62N8O12S. The minimum Gasteiger partial charge on any atom is -0.394 e. The highest BCUT2D eigenvalue weighted by Crippen LogP contribution is 2.34. The molecule has 1 saturated carbocycles. The van der Waals surface area contributed by atoms with Crippen LogP contribution < -0.4 is 44.2 Å². The van der Waals surface area contributed by atoms with E-state index in [0.29, 0.717) is 24.6 Å². The molecule has 0 aromatic carbocycles. The maximum Gasteiger partial charge on any atom is 0.315 e. The summed E-state index contributed by atoms with van der Waals surface area (Å²) in [6.45, 7) is -0.0740. The third kappa shape index (κ3) is 11.6. The van der Waals surface area contributed by atoms with Crippen LogP contribution in [0, 0.1) is 0 Å². The van der Waals surface area contributed by atoms with Crippen molar-refractivity contribution >= 4 is 29.6 Å². The van der Waals surface area contributed by atoms with Gasteiger partial charge in [0.15, 0.2) is 12.6 Å². The summed E-state index contributed by atoms with van der Waals surface area (Å²) in [5.74, 6) is 0.699. The molecular weight excluding hydrogens is 744 g/mol. The Hall–Kier alpha value is -1.96. The SMILES string of the molecule is N[C@@H]1[C@H](O)[C@@H](O[C@H]2[C@@H](O)[C@H](O[C@H]3O[C@@H](CNC(=O)CCCCCNC(=O)CCCC[C@@H]4SC[C@@H]5NC(=O)N[C@@H]54)[C@@H](O)C[C@H]3N)[C@H](N)C[C@H]2N)O[C@H](CO)[C@H]1O. The van der Waals surface area contributed by atoms with Gasteiger partial charge in [0.1, 0.15) is 42.7 Å². The van der Waals surface area contributed by atoms with Gasteiger partial charge in [0, 0.05) is 49.0 Å². The van der Waals surface area contributed by atoms with Crippen molar-refractivity contribution in [3.05, 3.63) is 0 Å². The first-order chi connectivity index (χ1) is 26.3. The van der Waals surface area contributed by atoms with Crippen LogP contribution in [0.5, 0.6) is 0 Å². The van der Waals surface area contributed by atoms with Crippen LogP contribution in [0.4, 0.5) is 4.79 Å². The number of aliphatic hydroxyl groups excluding tert-OH is 5. The zero-order valence-electron chi connectivity index (χ0n) is 31.0. The Kier molecular flexibility index (Phi) is 16.6. The molecule has 5 fully saturated rings. The fraction of sp³-hybridized carbons (Fsp3) is 0.912. The summed E-state index contributed by atoms with van der Waals surface area (Å²) in [5.41, 5.74) is 24.7. The molecule has 316 valence electrons. The van der Waals surface area contributed by atoms with E-state index in [1.807, 2.05) is 11.8 Å². The number of thioether (sulfide) groups is 1. The molecule has 0 radical (unpaired) electrons. The summed E-state index contributed by atoms with van der Waals surface area (Å²) < 4.78 is 23.4. The molecule has 17 N–H and O–H groups in total. The number of fused-ring (bicyclic) bond motifs is 1. The van der Waals surface area contributed by atoms with Crippen LogP contribution in [0.2, 0.25) is 0 Å². The molecule has 4 amide bonds. The summed E-state index contributed by atoms with van der Waals surface area (Å²) >= 11 is 1.87. The average Bonchev–Trinajstić information content (AvgIpc) is 3.70. The molecule has 20 nitrogen and oxygen atoms in total. The highest BCUT2D eigenvalue weighted by atomic mass is 32.2. The number of rotatable bonds is 18. The van der Waals surface area contributed by atoms with Crippen molar-refractivity contribution in [1.29, 1.82) is 0 Å². The minimum absolute atomic E-state index is 0.00724. The van der Waals surface area contributed by atoms with Gasteiger partial charge in [-0.1, -0.05) is 12.8 Å². The minimum atomic E-state index is -1.49. The van der Waals surface area contributed by atoms with E-state index in [1.165, 1.54) is 0 Å². The molecule has 5 aliphatic rings. The van der Waals surface area contributed by atoms with Crippen molar-refractivity contribution < 1.29 is 58.9 Å². The molecule has 0 aromatic heterocycles. The second kappa shape index (κ2) is 20.6. The van der Waals surface area contributed by atoms with Crippen LogP contribution in [-0.2, 0) is 28.5 Å². The maximum atomic E-state index is 12.6. The van der Waals surface area contributed by atoms with E-state index in [-0.39, 0.29) is 55.7 Å². The molecule has 4 saturated heterocycles. The summed E-state index contributed by atoms with van der Waals surface area (Å²) in [4.78, 5) is 36.4. The number of nitrogens with one attached hydrogen (secondary N) is 4. The number of hydrogen-bond acceptors (Lipinski definition) is 17. The molecule has 21 heteroatoms. The summed E-state index contributed by atoms with van der Waals surface area (Å²) in [6.07, 6.45) is -6.42. The van der Waals surface area contributed by atoms with Crippen molar-refractivity contribution in [2.24, 2.45) is 22.9 Å². The molecule has 55 heavy (non-hydrogen) atoms. The maximum absolute atomic E-state index is 12.6. The standard InChI is InChI=1S/C34H62N8O12S/c35-15-10-16(36)31(54-33-28(48)25(38)27(47)21(13-43)52-33)29(49)30(15)53-32-17(37)11-19(44)20(51-32)12-40-24(46)7-2-1-5-9-39-23(45)8-4-3-6-22-26-18(14-55-22)41-34(50)42-26/h15-22,25-33,43-44,47-49H,1-14,35-38H2,(H,39,45)(H,40,46)(H2,41,42,50)/t15-,16-,17-,18+,19+,20+,21-,22+,25+,26+,27-,28+,29+,30-,31-,32-,33-/m1/s1. The summed E-state index contributed by atoms with van der Waals surface area (Å²) in [7, 11) is 0. The molecule has 1 aliphatic carbocycles. The lowest BCUT2D eigenvalue weighted by molar-refractivity contribution is -0.315. The Morgan fingerprint density at radius 3 is 2.15 bits per heavy atom. The van der Waals surface area contributed by atoms with Gasteiger partial charge in [-0.2, -0.15) is 11.8 Å². The Morgan fingerprint density at radius 1 is 0.782 bits per heavy atom. The van der Waals surface area contributed by atoms with Gasteiger partial charge in [0.2, 0.25) is 11.8 Å². The number of hydrogen-bond donors (Lipinski definition) is 13. The number of amides is 4. The number of carbonyl (C=O) groups is 3. The van der Waals surface area contributed by atoms with Gasteiger partial charge < -0.3 is 88.7 Å². The topological polar surface area (TPSA) is 341 Å². The van der Waals surface area contributed by atoms with E-state index in [1.54, 1.807) is 0 Å². The molecule has 0 aromatic rings. The fourth-order valence-corrected chi connectivity index (χ4v) is 9.42. The van der Waals surface area contributed by atoms with E-state index in [9.17, 15) is 39.9 Å². The van der Waals surface area contributed by atoms with Crippen LogP contribution in [0.1, 0.15) is 64.2 Å². The Bertz CT molecular complexity index is 1260. The zero-order valence-corrected chi connectivity index (χ0v) is 31.8. The second-order valence-electron chi connectivity index (χ2n) is 15.4. The molecule has 4 heterocycles. The predicted octanol–water partition coefficient (Wildman–Crippen LogP) is -4.74. The molecule has 4 aliphatic heterocycles. The molecule has 0 unspecified atom stereocenters. The normalized spacial score (nSPS) is 41.6. The zero-order chi connectivity index (χ0) is 39.8. The number of carbonyl (C=O) groups excluding carboxylic acids is 3. The van der Waals surface area contributed by atoms with Gasteiger partial charge >= 0.3 is 6.03 Å². The fourth-order valence-electron chi connectivity index (χ4n) is 7.88. The van der Waals surface area contributed by atoms with Crippen LogP contribution >= 0.6 is 11.8 Å². The molecule has 0 bridgehead atoms. The van der Waals surface area contributed by atoms with E-state index in [2.05, 4.69) is 21.3 Å². The molecule has 17 atom stereocenters. The first-order valence-electron chi connectivity index (χ1n) is 19.5. The third-order valence-corrected chi connectivity index (χ3v) is 12.7. The van der Waals surface area contributed by atoms with Crippen molar-refractivity contribution in [3.63, 3.8) is 0 Å². The van der Waals surface area contributed by atoms with Crippen LogP contribution in [0.3, 0.4) is 0 Å². The van der Waals surface area contributed by atoms with Gasteiger partial charge in [-0.3, -0.25) is 9.59 Å². The van der Waals surface area contributed by atoms with E-state index in [4.69, 9.17) is 41.9 Å². The van der Waals surface area contributed by atoms with Crippen LogP contribution in [0.15, 0.2) is 0 Å². The highest BCUT2D eigenvalue weighted by Gasteiger charge is 2.50. The second-order valence-corrected chi connectivity index (χ2v) is 16.7. The Morgan fingerprint density at radius 2 is 1.44 bits per heavy atom. The first-order valence-corrected chi connectivity index (χ1v) is 20.5. The number of ether oxygens (including phenoxy) is 4. The van der Waals surface area contributed by atoms with Crippen LogP contribution in [0.25, 0.3) is 0 Å². The highest BCUT2D eigenvalue weighted by molar-refractivity contribution is 8.00. The van der Waals surface area contributed by atoms with Crippen molar-refractivity contribution in [3.8, 4) is 0 Å². The first kappa shape index (κ1) is 44.1. The lowest BCUT2D eigenvalue weighted by Gasteiger charge is -2.47. The van der Waals surface area contributed by atoms with Gasteiger partial charge in [-0.05, 0) is 38.5 Å². The molecule has 0 spiro atoms. The quantitative estimate of drug-likeness (QED) is 0.0457. The van der Waals surface area contributed by atoms with E-state index < -0.39 is 92.2 Å². The van der Waals surface area contributed by atoms with Crippen molar-refractivity contribution in [2.75, 3.05) is 25.4 Å². The Labute approximate surface area is 324 Å². The Balaban J connectivity index is 0.963. The van der Waals surface area contributed by atoms with Gasteiger partial charge in [-0.25, -0.2) is 4.79 Å². The molecule has 5 rings (SSSR count). The largest absolute Gasteiger partial charge is 0.394 e. The predicted molar refractivity (Wildman–Crippen MR) is 198 cm³/mol. The van der Waals surface area contributed by atoms with Crippen LogP contribution in [-0.4, -0.2) is 172 Å². The number of aliphatic hydroxyl groups is 5. The summed E-state index contributed by atoms with van der Waals surface area (Å²) in [5, 5.41) is 64.3. The van der Waals surface area contributed by atoms with Gasteiger partial charge in [0.05, 0.1) is 36.9 Å². The van der Waals surface area contributed by atoms with Gasteiger partial charge in [0.25, 0.3) is 0 Å². The lowest BCUT2D eigenvalue weighted by atomic mass is 9.84. The average molecular weight is 807 g/mol. The monoisotopic (exact) mass is 806 g/mol. The summed E-state index contributed by atoms with van der Waals surface area (Å²) in [6, 6.07) is -3.30. The number of unbranched alkanes of at least 4 members (excludes halogenated alkanes) is 3. The smallest absolute Gasteiger partial charge is 0.315 e. The lowest BCUT2D eigenvalue weighted by Crippen LogP contribution is -2.68. The number of nitrogens with two attached hydrogens (primary N) is 4. The third-order valence-electron chi connectivity index (χ3n) is 11.2. The van der Waals surface area contributed by atoms with Crippen molar-refractivity contribution in [2.45, 2.75) is 167 Å². The van der Waals surface area contributed by atoms with Gasteiger partial charge in [-0.15, -0.1) is 0 Å². The number of urea groups is 1. The van der Waals surface area contributed by atoms with Crippen molar-refractivity contribution in [1.82, 2.24) is 21.3 Å². The van der Waals surface area contributed by atoms with E-state index in [0.717, 1.165) is 37.9 Å².